The van der Waals surface area contributed by atoms with Crippen molar-refractivity contribution in [1.82, 2.24) is 4.31 Å². The molecule has 26 heavy (non-hydrogen) atoms. The second kappa shape index (κ2) is 8.12. The Kier molecular flexibility index (Phi) is 7.09. The lowest BCUT2D eigenvalue weighted by Gasteiger charge is -2.41. The fourth-order valence-corrected chi connectivity index (χ4v) is 4.98. The Bertz CT molecular complexity index is 712. The minimum atomic E-state index is -3.98. The van der Waals surface area contributed by atoms with Gasteiger partial charge < -0.3 is 21.3 Å². The van der Waals surface area contributed by atoms with E-state index in [9.17, 15) is 13.5 Å². The number of anilines is 2. The average molecular weight is 388 g/mol. The van der Waals surface area contributed by atoms with Gasteiger partial charge in [-0.05, 0) is 66.2 Å². The van der Waals surface area contributed by atoms with Crippen LogP contribution in [0.5, 0.6) is 0 Å². The number of sulfonamides is 1. The van der Waals surface area contributed by atoms with Crippen LogP contribution in [-0.4, -0.2) is 48.2 Å². The molecule has 0 spiro atoms. The summed E-state index contributed by atoms with van der Waals surface area (Å²) in [6, 6.07) is 3.74. The van der Waals surface area contributed by atoms with Gasteiger partial charge >= 0.3 is 0 Å². The van der Waals surface area contributed by atoms with Gasteiger partial charge in [0, 0.05) is 23.9 Å². The van der Waals surface area contributed by atoms with Crippen LogP contribution in [0.2, 0.25) is 0 Å². The van der Waals surface area contributed by atoms with Crippen LogP contribution >= 0.6 is 0 Å². The first-order chi connectivity index (χ1) is 11.7. The van der Waals surface area contributed by atoms with Crippen LogP contribution in [0.3, 0.4) is 0 Å². The maximum absolute atomic E-state index is 13.4. The molecule has 0 fully saturated rings. The first-order valence-corrected chi connectivity index (χ1v) is 10.1. The molecule has 1 rings (SSSR count). The van der Waals surface area contributed by atoms with Crippen molar-refractivity contribution in [3.63, 3.8) is 0 Å². The predicted octanol–water partition coefficient (Wildman–Crippen LogP) is 2.21. The van der Waals surface area contributed by atoms with Crippen molar-refractivity contribution in [2.75, 3.05) is 24.7 Å². The summed E-state index contributed by atoms with van der Waals surface area (Å²) in [5, 5.41) is 9.66. The molecule has 0 radical (unpaired) electrons. The molecule has 0 aliphatic carbocycles. The van der Waals surface area contributed by atoms with Crippen molar-refractivity contribution in [2.24, 2.45) is 0 Å². The second-order valence-corrected chi connectivity index (χ2v) is 9.94. The van der Waals surface area contributed by atoms with Crippen LogP contribution in [0.15, 0.2) is 23.1 Å². The summed E-state index contributed by atoms with van der Waals surface area (Å²) in [4.78, 5) is -0.0531. The van der Waals surface area contributed by atoms with Crippen LogP contribution in [0.1, 0.15) is 48.0 Å². The van der Waals surface area contributed by atoms with Crippen molar-refractivity contribution in [3.05, 3.63) is 18.2 Å². The molecule has 0 heterocycles. The van der Waals surface area contributed by atoms with Gasteiger partial charge in [0.2, 0.25) is 10.0 Å². The average Bonchev–Trinajstić information content (AvgIpc) is 2.47. The van der Waals surface area contributed by atoms with Crippen LogP contribution < -0.4 is 11.5 Å². The van der Waals surface area contributed by atoms with E-state index in [1.807, 2.05) is 34.6 Å². The highest BCUT2D eigenvalue weighted by Gasteiger charge is 2.41. The SMILES string of the molecule is CC(CO)N(C(C)(C)CCOC(C)(C)C)S(=O)(=O)c1cc(N)ccc1N. The largest absolute Gasteiger partial charge is 0.399 e. The Morgan fingerprint density at radius 2 is 1.77 bits per heavy atom. The third-order valence-corrected chi connectivity index (χ3v) is 6.37. The zero-order valence-corrected chi connectivity index (χ0v) is 17.4. The van der Waals surface area contributed by atoms with E-state index < -0.39 is 21.6 Å². The van der Waals surface area contributed by atoms with Crippen LogP contribution in [0.4, 0.5) is 11.4 Å². The Hall–Kier alpha value is -1.35. The minimum absolute atomic E-state index is 0.0531. The Labute approximate surface area is 157 Å². The number of ether oxygens (including phenoxy) is 1. The smallest absolute Gasteiger partial charge is 0.246 e. The summed E-state index contributed by atoms with van der Waals surface area (Å²) < 4.78 is 33.8. The van der Waals surface area contributed by atoms with E-state index in [1.165, 1.54) is 16.4 Å². The van der Waals surface area contributed by atoms with Crippen molar-refractivity contribution in [3.8, 4) is 0 Å². The molecule has 0 amide bonds. The number of rotatable bonds is 8. The van der Waals surface area contributed by atoms with Crippen molar-refractivity contribution in [1.29, 1.82) is 0 Å². The highest BCUT2D eigenvalue weighted by Crippen LogP contribution is 2.33. The molecule has 5 N–H and O–H groups in total. The van der Waals surface area contributed by atoms with E-state index in [-0.39, 0.29) is 22.8 Å². The summed E-state index contributed by atoms with van der Waals surface area (Å²) >= 11 is 0. The highest BCUT2D eigenvalue weighted by molar-refractivity contribution is 7.89. The quantitative estimate of drug-likeness (QED) is 0.588. The fraction of sp³-hybridized carbons (Fsp3) is 0.667. The lowest BCUT2D eigenvalue weighted by molar-refractivity contribution is -0.0200. The van der Waals surface area contributed by atoms with E-state index in [2.05, 4.69) is 0 Å². The Morgan fingerprint density at radius 1 is 1.19 bits per heavy atom. The van der Waals surface area contributed by atoms with E-state index >= 15 is 0 Å². The molecule has 0 bridgehead atoms. The van der Waals surface area contributed by atoms with Gasteiger partial charge in [-0.2, -0.15) is 4.31 Å². The lowest BCUT2D eigenvalue weighted by Crippen LogP contribution is -2.54. The molecule has 1 aromatic rings. The number of hydrogen-bond acceptors (Lipinski definition) is 6. The van der Waals surface area contributed by atoms with Crippen LogP contribution in [0, 0.1) is 0 Å². The molecule has 0 aromatic heterocycles. The van der Waals surface area contributed by atoms with Crippen LogP contribution in [0.25, 0.3) is 0 Å². The summed E-state index contributed by atoms with van der Waals surface area (Å²) in [6.45, 7) is 11.2. The first-order valence-electron chi connectivity index (χ1n) is 8.67. The molecule has 0 aliphatic heterocycles. The third kappa shape index (κ3) is 5.57. The van der Waals surface area contributed by atoms with E-state index in [4.69, 9.17) is 16.2 Å². The molecule has 1 unspecified atom stereocenters. The molecule has 0 saturated carbocycles. The maximum atomic E-state index is 13.4. The monoisotopic (exact) mass is 387 g/mol. The maximum Gasteiger partial charge on any atom is 0.246 e. The van der Waals surface area contributed by atoms with E-state index in [1.54, 1.807) is 13.0 Å². The summed E-state index contributed by atoms with van der Waals surface area (Å²) in [5.74, 6) is 0. The normalized spacial score (nSPS) is 14.6. The van der Waals surface area contributed by atoms with E-state index in [0.717, 1.165) is 0 Å². The third-order valence-electron chi connectivity index (χ3n) is 4.08. The van der Waals surface area contributed by atoms with Gasteiger partial charge in [0.1, 0.15) is 4.90 Å². The molecule has 150 valence electrons. The van der Waals surface area contributed by atoms with E-state index in [0.29, 0.717) is 18.7 Å². The van der Waals surface area contributed by atoms with Gasteiger partial charge in [-0.15, -0.1) is 0 Å². The molecule has 1 aromatic carbocycles. The van der Waals surface area contributed by atoms with Crippen LogP contribution in [-0.2, 0) is 14.8 Å². The van der Waals surface area contributed by atoms with Gasteiger partial charge in [0.15, 0.2) is 0 Å². The summed E-state index contributed by atoms with van der Waals surface area (Å²) in [5.41, 5.74) is 11.0. The van der Waals surface area contributed by atoms with Gasteiger partial charge in [-0.25, -0.2) is 8.42 Å². The van der Waals surface area contributed by atoms with Crippen molar-refractivity contribution in [2.45, 2.75) is 70.0 Å². The number of aliphatic hydroxyl groups is 1. The van der Waals surface area contributed by atoms with Crippen molar-refractivity contribution < 1.29 is 18.3 Å². The highest BCUT2D eigenvalue weighted by atomic mass is 32.2. The molecule has 0 aliphatic rings. The molecule has 8 heteroatoms. The number of nitrogens with zero attached hydrogens (tertiary/aromatic N) is 1. The Balaban J connectivity index is 3.29. The number of aliphatic hydroxyl groups excluding tert-OH is 1. The molecular weight excluding hydrogens is 354 g/mol. The minimum Gasteiger partial charge on any atom is -0.399 e. The summed E-state index contributed by atoms with van der Waals surface area (Å²) in [6.07, 6.45) is 0.454. The predicted molar refractivity (Wildman–Crippen MR) is 105 cm³/mol. The van der Waals surface area contributed by atoms with Crippen molar-refractivity contribution >= 4 is 21.4 Å². The fourth-order valence-electron chi connectivity index (χ4n) is 2.83. The molecule has 0 saturated heterocycles. The van der Waals surface area contributed by atoms with Gasteiger partial charge in [0.05, 0.1) is 17.9 Å². The molecular formula is C18H33N3O4S. The van der Waals surface area contributed by atoms with Gasteiger partial charge in [-0.1, -0.05) is 0 Å². The molecule has 7 nitrogen and oxygen atoms in total. The van der Waals surface area contributed by atoms with Gasteiger partial charge in [0.25, 0.3) is 0 Å². The van der Waals surface area contributed by atoms with Gasteiger partial charge in [-0.3, -0.25) is 0 Å². The second-order valence-electron chi connectivity index (χ2n) is 8.15. The Morgan fingerprint density at radius 3 is 2.27 bits per heavy atom. The summed E-state index contributed by atoms with van der Waals surface area (Å²) in [7, 11) is -3.98. The standard InChI is InChI=1S/C18H33N3O4S/c1-13(12-22)21(18(5,6)9-10-25-17(2,3)4)26(23,24)16-11-14(19)7-8-15(16)20/h7-8,11,13,22H,9-10,12,19-20H2,1-6H3. The first kappa shape index (κ1) is 22.7. The number of hydrogen-bond donors (Lipinski definition) is 3. The topological polar surface area (TPSA) is 119 Å². The zero-order chi connectivity index (χ0) is 20.3. The number of benzene rings is 1. The zero-order valence-electron chi connectivity index (χ0n) is 16.6. The number of nitrogen functional groups attached to an aromatic ring is 2. The molecule has 1 atom stereocenters. The lowest BCUT2D eigenvalue weighted by atomic mass is 9.99. The number of nitrogens with two attached hydrogens (primary N) is 2.